The zero-order valence-electron chi connectivity index (χ0n) is 14.0. The Morgan fingerprint density at radius 3 is 2.36 bits per heavy atom. The molecule has 0 spiro atoms. The fraction of sp³-hybridized carbons (Fsp3) is 0.917. The second-order valence-corrected chi connectivity index (χ2v) is 5.73. The van der Waals surface area contributed by atoms with Crippen molar-refractivity contribution < 1.29 is 83.1 Å². The normalized spacial score (nSPS) is 13.7. The molecule has 0 aromatic heterocycles. The van der Waals surface area contributed by atoms with Gasteiger partial charge in [0.25, 0.3) is 7.82 Å². The summed E-state index contributed by atoms with van der Waals surface area (Å²) in [6.07, 6.45) is 7.21. The van der Waals surface area contributed by atoms with Gasteiger partial charge >= 0.3 is 59.1 Å². The molecule has 2 N–H and O–H groups in total. The zero-order chi connectivity index (χ0) is 15.3. The molecular formula is C12H25N2Na2O5P. The molecule has 7 nitrogen and oxygen atoms in total. The van der Waals surface area contributed by atoms with Crippen molar-refractivity contribution >= 4 is 13.8 Å². The van der Waals surface area contributed by atoms with Crippen LogP contribution in [0.25, 0.3) is 0 Å². The number of unbranched alkanes of at least 4 members (excludes halogenated alkanes) is 5. The molecule has 0 rings (SSSR count). The van der Waals surface area contributed by atoms with Crippen LogP contribution in [0.2, 0.25) is 0 Å². The molecule has 0 bridgehead atoms. The molecule has 1 atom stereocenters. The number of phosphoric acid groups is 1. The van der Waals surface area contributed by atoms with Gasteiger partial charge in [-0.25, -0.2) is 0 Å². The Morgan fingerprint density at radius 2 is 1.77 bits per heavy atom. The van der Waals surface area contributed by atoms with Crippen molar-refractivity contribution in [2.75, 3.05) is 19.7 Å². The maximum absolute atomic E-state index is 11.3. The predicted molar refractivity (Wildman–Crippen MR) is 74.1 cm³/mol. The fourth-order valence-corrected chi connectivity index (χ4v) is 1.94. The Bertz CT molecular complexity index is 316. The number of hydrogen-bond donors (Lipinski definition) is 2. The summed E-state index contributed by atoms with van der Waals surface area (Å²) in [7, 11) is -4.66. The molecule has 0 fully saturated rings. The van der Waals surface area contributed by atoms with Gasteiger partial charge < -0.3 is 24.7 Å². The number of amidine groups is 1. The van der Waals surface area contributed by atoms with Crippen LogP contribution in [0.1, 0.15) is 51.9 Å². The predicted octanol–water partition coefficient (Wildman–Crippen LogP) is -5.47. The summed E-state index contributed by atoms with van der Waals surface area (Å²) in [6.45, 7) is 2.77. The summed E-state index contributed by atoms with van der Waals surface area (Å²) in [4.78, 5) is 22.3. The number of phosphoric ester groups is 1. The van der Waals surface area contributed by atoms with Gasteiger partial charge in [0.2, 0.25) is 0 Å². The molecule has 0 aliphatic heterocycles. The standard InChI is InChI=1S/C12H27N2O5P.2Na/c1-2-3-4-5-6-7-9-13-12(15)14-10-8-11-19-20(16,17)18;;/h2-11H2,1H3,(H2,13,14,15)(H2,16,17,18);;/q;2*+1/p-2. The number of aliphatic imine (C=N–C) groups is 1. The van der Waals surface area contributed by atoms with E-state index in [1.165, 1.54) is 25.7 Å². The van der Waals surface area contributed by atoms with Crippen LogP contribution in [-0.4, -0.2) is 30.6 Å². The molecule has 0 amide bonds. The van der Waals surface area contributed by atoms with Gasteiger partial charge in [0.1, 0.15) is 0 Å². The Kier molecular flexibility index (Phi) is 24.0. The molecule has 0 aromatic rings. The van der Waals surface area contributed by atoms with Gasteiger partial charge in [0.05, 0.1) is 6.61 Å². The minimum atomic E-state index is -4.66. The van der Waals surface area contributed by atoms with E-state index in [1.54, 1.807) is 0 Å². The number of nitrogens with zero attached hydrogens (tertiary/aromatic N) is 1. The monoisotopic (exact) mass is 354 g/mol. The van der Waals surface area contributed by atoms with Crippen LogP contribution in [0.3, 0.4) is 0 Å². The fourth-order valence-electron chi connectivity index (χ4n) is 1.58. The first-order chi connectivity index (χ1) is 9.45. The Labute approximate surface area is 177 Å². The van der Waals surface area contributed by atoms with Crippen molar-refractivity contribution in [3.05, 3.63) is 0 Å². The summed E-state index contributed by atoms with van der Waals surface area (Å²) in [5.74, 6) is 0. The first-order valence-electron chi connectivity index (χ1n) is 7.09. The van der Waals surface area contributed by atoms with Crippen LogP contribution < -0.4 is 74.4 Å². The molecular weight excluding hydrogens is 329 g/mol. The maximum Gasteiger partial charge on any atom is 1.00 e. The van der Waals surface area contributed by atoms with Gasteiger partial charge in [0, 0.05) is 19.1 Å². The molecule has 22 heavy (non-hydrogen) atoms. The molecule has 0 aromatic carbocycles. The Balaban J connectivity index is -0.00000180. The third-order valence-corrected chi connectivity index (χ3v) is 3.13. The van der Waals surface area contributed by atoms with E-state index in [4.69, 9.17) is 4.89 Å². The van der Waals surface area contributed by atoms with E-state index in [2.05, 4.69) is 21.8 Å². The quantitative estimate of drug-likeness (QED) is 0.119. The minimum Gasteiger partial charge on any atom is -0.846 e. The van der Waals surface area contributed by atoms with Crippen LogP contribution in [-0.2, 0) is 9.09 Å². The smallest absolute Gasteiger partial charge is 0.846 e. The first kappa shape index (κ1) is 28.2. The van der Waals surface area contributed by atoms with Crippen LogP contribution in [0, 0.1) is 0 Å². The van der Waals surface area contributed by atoms with E-state index in [-0.39, 0.29) is 78.7 Å². The molecule has 0 saturated heterocycles. The van der Waals surface area contributed by atoms with Crippen LogP contribution in [0.5, 0.6) is 0 Å². The molecule has 0 radical (unpaired) electrons. The molecule has 0 aliphatic rings. The van der Waals surface area contributed by atoms with E-state index in [0.717, 1.165) is 12.8 Å². The largest absolute Gasteiger partial charge is 1.00 e. The Hall–Kier alpha value is 1.38. The number of rotatable bonds is 12. The second kappa shape index (κ2) is 18.7. The van der Waals surface area contributed by atoms with Gasteiger partial charge in [-0.1, -0.05) is 39.0 Å². The van der Waals surface area contributed by atoms with Crippen LogP contribution in [0.4, 0.5) is 0 Å². The molecule has 0 saturated carbocycles. The van der Waals surface area contributed by atoms with Crippen molar-refractivity contribution in [3.8, 4) is 0 Å². The van der Waals surface area contributed by atoms with E-state index in [1.807, 2.05) is 0 Å². The van der Waals surface area contributed by atoms with Crippen molar-refractivity contribution in [3.63, 3.8) is 0 Å². The molecule has 10 heteroatoms. The van der Waals surface area contributed by atoms with Crippen molar-refractivity contribution in [2.45, 2.75) is 51.9 Å². The molecule has 1 unspecified atom stereocenters. The third kappa shape index (κ3) is 23.6. The average molecular weight is 354 g/mol. The average Bonchev–Trinajstić information content (AvgIpc) is 2.36. The van der Waals surface area contributed by atoms with Gasteiger partial charge in [-0.05, 0) is 12.8 Å². The number of nitrogens with one attached hydrogen (secondary N) is 1. The van der Waals surface area contributed by atoms with E-state index < -0.39 is 13.8 Å². The summed E-state index contributed by atoms with van der Waals surface area (Å²) in [5, 5.41) is 13.9. The molecule has 0 heterocycles. The summed E-state index contributed by atoms with van der Waals surface area (Å²) in [5.41, 5.74) is 0. The van der Waals surface area contributed by atoms with E-state index in [9.17, 15) is 14.6 Å². The molecule has 120 valence electrons. The zero-order valence-corrected chi connectivity index (χ0v) is 18.9. The second-order valence-electron chi connectivity index (χ2n) is 4.54. The topological polar surface area (TPSA) is 117 Å². The van der Waals surface area contributed by atoms with Gasteiger partial charge in [-0.3, -0.25) is 9.56 Å². The van der Waals surface area contributed by atoms with Gasteiger partial charge in [-0.2, -0.15) is 0 Å². The van der Waals surface area contributed by atoms with E-state index in [0.29, 0.717) is 6.54 Å². The summed E-state index contributed by atoms with van der Waals surface area (Å²) in [6, 6.07) is -0.395. The minimum absolute atomic E-state index is 0. The number of hydrogen-bond acceptors (Lipinski definition) is 5. The van der Waals surface area contributed by atoms with Gasteiger partial charge in [-0.15, -0.1) is 0 Å². The Morgan fingerprint density at radius 1 is 1.18 bits per heavy atom. The van der Waals surface area contributed by atoms with Crippen LogP contribution >= 0.6 is 7.82 Å². The summed E-state index contributed by atoms with van der Waals surface area (Å²) >= 11 is 0. The maximum atomic E-state index is 11.3. The first-order valence-corrected chi connectivity index (χ1v) is 8.59. The van der Waals surface area contributed by atoms with Crippen molar-refractivity contribution in [1.82, 2.24) is 5.32 Å². The summed E-state index contributed by atoms with van der Waals surface area (Å²) < 4.78 is 14.4. The van der Waals surface area contributed by atoms with Crippen molar-refractivity contribution in [1.29, 1.82) is 0 Å². The SMILES string of the molecule is CCCCCCCCNC([O-])=NCCCOP(=O)([O-])O.[Na+].[Na+]. The van der Waals surface area contributed by atoms with Gasteiger partial charge in [0.15, 0.2) is 0 Å². The third-order valence-electron chi connectivity index (χ3n) is 2.62. The van der Waals surface area contributed by atoms with Crippen molar-refractivity contribution in [2.24, 2.45) is 4.99 Å². The molecule has 0 aliphatic carbocycles. The van der Waals surface area contributed by atoms with E-state index >= 15 is 0 Å². The van der Waals surface area contributed by atoms with Crippen LogP contribution in [0.15, 0.2) is 4.99 Å².